The third-order valence-corrected chi connectivity index (χ3v) is 8.01. The van der Waals surface area contributed by atoms with Gasteiger partial charge in [0.15, 0.2) is 5.16 Å². The van der Waals surface area contributed by atoms with Crippen LogP contribution in [0.2, 0.25) is 0 Å². The van der Waals surface area contributed by atoms with Crippen molar-refractivity contribution in [2.24, 2.45) is 5.92 Å². The summed E-state index contributed by atoms with van der Waals surface area (Å²) in [6.45, 7) is 1.95. The van der Waals surface area contributed by atoms with Crippen LogP contribution >= 0.6 is 23.1 Å². The second kappa shape index (κ2) is 8.02. The minimum Gasteiger partial charge on any atom is -0.287 e. The predicted octanol–water partition coefficient (Wildman–Crippen LogP) is 5.64. The Morgan fingerprint density at radius 1 is 1.29 bits per heavy atom. The molecular formula is C22H22F2N4OS2. The number of thiophene rings is 1. The third kappa shape index (κ3) is 3.47. The van der Waals surface area contributed by atoms with Gasteiger partial charge in [-0.25, -0.2) is 9.97 Å². The number of nitrogens with zero attached hydrogens (tertiary/aromatic N) is 4. The Balaban J connectivity index is 1.55. The molecule has 9 heteroatoms. The highest BCUT2D eigenvalue weighted by molar-refractivity contribution is 7.98. The predicted molar refractivity (Wildman–Crippen MR) is 121 cm³/mol. The maximum Gasteiger partial charge on any atom is 0.320 e. The monoisotopic (exact) mass is 460 g/mol. The Hall–Kier alpha value is -2.26. The first-order valence-corrected chi connectivity index (χ1v) is 12.2. The fourth-order valence-electron chi connectivity index (χ4n) is 4.34. The first kappa shape index (κ1) is 20.6. The van der Waals surface area contributed by atoms with Gasteiger partial charge in [0.1, 0.15) is 10.7 Å². The summed E-state index contributed by atoms with van der Waals surface area (Å²) in [4.78, 5) is 24.5. The maximum absolute atomic E-state index is 13.7. The van der Waals surface area contributed by atoms with Gasteiger partial charge in [-0.2, -0.15) is 8.78 Å². The van der Waals surface area contributed by atoms with E-state index in [1.54, 1.807) is 40.2 Å². The van der Waals surface area contributed by atoms with Crippen LogP contribution in [0.4, 0.5) is 8.78 Å². The van der Waals surface area contributed by atoms with E-state index >= 15 is 0 Å². The Kier molecular flexibility index (Phi) is 5.34. The molecule has 3 aromatic heterocycles. The topological polar surface area (TPSA) is 52.7 Å². The summed E-state index contributed by atoms with van der Waals surface area (Å²) in [5.41, 5.74) is 2.08. The van der Waals surface area contributed by atoms with Gasteiger partial charge in [-0.05, 0) is 49.8 Å². The van der Waals surface area contributed by atoms with Crippen LogP contribution in [0.15, 0.2) is 34.2 Å². The smallest absolute Gasteiger partial charge is 0.287 e. The average molecular weight is 461 g/mol. The fraction of sp³-hybridized carbons (Fsp3) is 0.409. The van der Waals surface area contributed by atoms with E-state index in [2.05, 4.69) is 11.9 Å². The van der Waals surface area contributed by atoms with Gasteiger partial charge >= 0.3 is 6.55 Å². The van der Waals surface area contributed by atoms with Crippen molar-refractivity contribution in [3.05, 3.63) is 50.9 Å². The first-order valence-electron chi connectivity index (χ1n) is 10.4. The van der Waals surface area contributed by atoms with Crippen LogP contribution in [-0.2, 0) is 25.1 Å². The molecule has 31 heavy (non-hydrogen) atoms. The number of halogens is 2. The normalized spacial score (nSPS) is 16.5. The Morgan fingerprint density at radius 2 is 2.10 bits per heavy atom. The number of imidazole rings is 1. The molecular weight excluding hydrogens is 438 g/mol. The van der Waals surface area contributed by atoms with Crippen molar-refractivity contribution in [2.45, 2.75) is 57.1 Å². The molecule has 1 aromatic carbocycles. The summed E-state index contributed by atoms with van der Waals surface area (Å²) >= 11 is 2.89. The molecule has 0 amide bonds. The summed E-state index contributed by atoms with van der Waals surface area (Å²) in [5, 5.41) is 1.30. The number of alkyl halides is 2. The number of aryl methyl sites for hydroxylation is 1. The molecule has 1 unspecified atom stereocenters. The van der Waals surface area contributed by atoms with Crippen LogP contribution in [0, 0.1) is 5.92 Å². The second-order valence-corrected chi connectivity index (χ2v) is 9.95. The largest absolute Gasteiger partial charge is 0.320 e. The van der Waals surface area contributed by atoms with Crippen molar-refractivity contribution in [3.63, 3.8) is 0 Å². The van der Waals surface area contributed by atoms with E-state index in [4.69, 9.17) is 4.98 Å². The third-order valence-electron chi connectivity index (χ3n) is 5.89. The summed E-state index contributed by atoms with van der Waals surface area (Å²) < 4.78 is 30.1. The minimum absolute atomic E-state index is 0.0237. The molecule has 3 heterocycles. The Labute approximate surface area is 186 Å². The molecule has 1 aliphatic carbocycles. The number of fused-ring (bicyclic) bond motifs is 4. The molecule has 0 aliphatic heterocycles. The molecule has 1 aliphatic rings. The van der Waals surface area contributed by atoms with Crippen LogP contribution in [-0.4, -0.2) is 19.1 Å². The summed E-state index contributed by atoms with van der Waals surface area (Å²) in [6, 6.07) is 6.88. The summed E-state index contributed by atoms with van der Waals surface area (Å²) in [5.74, 6) is 1.10. The van der Waals surface area contributed by atoms with E-state index in [1.165, 1.54) is 16.6 Å². The van der Waals surface area contributed by atoms with Gasteiger partial charge in [0, 0.05) is 11.4 Å². The van der Waals surface area contributed by atoms with E-state index in [0.717, 1.165) is 39.6 Å². The highest BCUT2D eigenvalue weighted by Crippen LogP contribution is 2.37. The molecule has 0 saturated heterocycles. The van der Waals surface area contributed by atoms with Crippen LogP contribution < -0.4 is 5.56 Å². The Bertz CT molecular complexity index is 1340. The maximum atomic E-state index is 13.7. The number of rotatable bonds is 5. The van der Waals surface area contributed by atoms with Gasteiger partial charge in [-0.1, -0.05) is 30.8 Å². The van der Waals surface area contributed by atoms with Gasteiger partial charge in [-0.3, -0.25) is 13.9 Å². The molecule has 0 fully saturated rings. The zero-order valence-electron chi connectivity index (χ0n) is 17.3. The van der Waals surface area contributed by atoms with Gasteiger partial charge < -0.3 is 0 Å². The van der Waals surface area contributed by atoms with Crippen LogP contribution in [0.25, 0.3) is 21.3 Å². The van der Waals surface area contributed by atoms with Crippen molar-refractivity contribution in [1.29, 1.82) is 0 Å². The van der Waals surface area contributed by atoms with Crippen LogP contribution in [0.5, 0.6) is 0 Å². The molecule has 5 nitrogen and oxygen atoms in total. The number of para-hydroxylation sites is 2. The lowest BCUT2D eigenvalue weighted by molar-refractivity contribution is 0.0722. The lowest BCUT2D eigenvalue weighted by atomic mass is 9.89. The number of hydrogen-bond acceptors (Lipinski definition) is 5. The van der Waals surface area contributed by atoms with Gasteiger partial charge in [0.05, 0.1) is 22.2 Å². The SMILES string of the molecule is CCn1c(SCc2nc3ccccc3n2C(F)F)nc2sc3c(c2c1=O)CCC(C)C3. The fourth-order valence-corrected chi connectivity index (χ4v) is 6.75. The quantitative estimate of drug-likeness (QED) is 0.286. The van der Waals surface area contributed by atoms with E-state index in [-0.39, 0.29) is 17.1 Å². The molecule has 162 valence electrons. The minimum atomic E-state index is -2.68. The van der Waals surface area contributed by atoms with Crippen molar-refractivity contribution in [2.75, 3.05) is 0 Å². The number of benzene rings is 1. The lowest BCUT2D eigenvalue weighted by Gasteiger charge is -2.17. The van der Waals surface area contributed by atoms with Gasteiger partial charge in [0.2, 0.25) is 0 Å². The van der Waals surface area contributed by atoms with Gasteiger partial charge in [-0.15, -0.1) is 11.3 Å². The number of aromatic nitrogens is 4. The number of hydrogen-bond donors (Lipinski definition) is 0. The van der Waals surface area contributed by atoms with Crippen LogP contribution in [0.3, 0.4) is 0 Å². The van der Waals surface area contributed by atoms with Gasteiger partial charge in [0.25, 0.3) is 5.56 Å². The molecule has 0 saturated carbocycles. The van der Waals surface area contributed by atoms with Crippen LogP contribution in [0.1, 0.15) is 43.1 Å². The molecule has 5 rings (SSSR count). The average Bonchev–Trinajstić information content (AvgIpc) is 3.29. The van der Waals surface area contributed by atoms with Crippen molar-refractivity contribution >= 4 is 44.3 Å². The lowest BCUT2D eigenvalue weighted by Crippen LogP contribution is -2.23. The second-order valence-electron chi connectivity index (χ2n) is 7.93. The zero-order valence-corrected chi connectivity index (χ0v) is 18.9. The van der Waals surface area contributed by atoms with E-state index in [9.17, 15) is 13.6 Å². The van der Waals surface area contributed by atoms with Crippen molar-refractivity contribution in [1.82, 2.24) is 19.1 Å². The molecule has 0 N–H and O–H groups in total. The van der Waals surface area contributed by atoms with E-state index in [1.807, 2.05) is 6.92 Å². The summed E-state index contributed by atoms with van der Waals surface area (Å²) in [7, 11) is 0. The first-order chi connectivity index (χ1) is 15.0. The molecule has 1 atom stereocenters. The highest BCUT2D eigenvalue weighted by atomic mass is 32.2. The number of thioether (sulfide) groups is 1. The molecule has 4 aromatic rings. The van der Waals surface area contributed by atoms with E-state index < -0.39 is 6.55 Å². The van der Waals surface area contributed by atoms with Crippen molar-refractivity contribution in [3.8, 4) is 0 Å². The Morgan fingerprint density at radius 3 is 2.87 bits per heavy atom. The molecule has 0 bridgehead atoms. The molecule has 0 spiro atoms. The summed E-state index contributed by atoms with van der Waals surface area (Å²) in [6.07, 6.45) is 3.00. The molecule has 0 radical (unpaired) electrons. The standard InChI is InChI=1S/C22H22F2N4OS2/c1-3-27-20(29)18-13-9-8-12(2)10-16(13)31-19(18)26-22(27)30-11-17-25-14-6-4-5-7-15(14)28(17)21(23)24/h4-7,12,21H,3,8-11H2,1-2H3. The van der Waals surface area contributed by atoms with Crippen molar-refractivity contribution < 1.29 is 8.78 Å². The highest BCUT2D eigenvalue weighted by Gasteiger charge is 2.25. The van der Waals surface area contributed by atoms with E-state index in [0.29, 0.717) is 28.7 Å². The zero-order chi connectivity index (χ0) is 21.7.